The summed E-state index contributed by atoms with van der Waals surface area (Å²) in [6, 6.07) is 2.20. The number of Topliss-reactive ketones (excluding diaryl/α,β-unsaturated/α-hetero) is 1. The third kappa shape index (κ3) is 6.47. The van der Waals surface area contributed by atoms with E-state index in [2.05, 4.69) is 46.0 Å². The normalized spacial score (nSPS) is 36.8. The number of allylic oxidation sites excluding steroid dienone is 4. The average molecular weight is 704 g/mol. The number of carboxylic acids is 1. The fourth-order valence-corrected chi connectivity index (χ4v) is 11.0. The van der Waals surface area contributed by atoms with Gasteiger partial charge in [0.05, 0.1) is 11.0 Å². The van der Waals surface area contributed by atoms with Crippen LogP contribution in [0.3, 0.4) is 0 Å². The molecule has 0 saturated heterocycles. The summed E-state index contributed by atoms with van der Waals surface area (Å²) in [7, 11) is 0. The molecule has 5 aliphatic carbocycles. The van der Waals surface area contributed by atoms with Crippen molar-refractivity contribution in [2.75, 3.05) is 13.1 Å². The lowest BCUT2D eigenvalue weighted by atomic mass is 9.34. The van der Waals surface area contributed by atoms with Crippen molar-refractivity contribution in [3.8, 4) is 6.07 Å². The van der Waals surface area contributed by atoms with E-state index in [1.165, 1.54) is 0 Å². The summed E-state index contributed by atoms with van der Waals surface area (Å²) in [5.41, 5.74) is 4.76. The Morgan fingerprint density at radius 2 is 1.58 bits per heavy atom. The van der Waals surface area contributed by atoms with Crippen LogP contribution in [-0.4, -0.2) is 47.8 Å². The quantitative estimate of drug-likeness (QED) is 0.233. The highest BCUT2D eigenvalue weighted by Crippen LogP contribution is 2.74. The minimum atomic E-state index is -5.08. The van der Waals surface area contributed by atoms with Crippen molar-refractivity contribution in [1.82, 2.24) is 5.32 Å². The molecule has 3 saturated carbocycles. The van der Waals surface area contributed by atoms with Gasteiger partial charge in [-0.05, 0) is 98.5 Å². The van der Waals surface area contributed by atoms with Gasteiger partial charge < -0.3 is 16.2 Å². The molecule has 1 amide bonds. The highest BCUT2D eigenvalue weighted by Gasteiger charge is 2.70. The molecular weight excluding hydrogens is 647 g/mol. The second kappa shape index (κ2) is 13.5. The fourth-order valence-electron chi connectivity index (χ4n) is 11.0. The van der Waals surface area contributed by atoms with Gasteiger partial charge in [-0.15, -0.1) is 0 Å². The maximum atomic E-state index is 14.6. The van der Waals surface area contributed by atoms with Gasteiger partial charge in [-0.3, -0.25) is 14.4 Å². The molecule has 4 N–H and O–H groups in total. The molecule has 0 radical (unpaired) electrons. The molecular formula is C39H56F3N3O5. The fraction of sp³-hybridized carbons (Fsp3) is 0.769. The van der Waals surface area contributed by atoms with Crippen molar-refractivity contribution in [2.24, 2.45) is 56.0 Å². The van der Waals surface area contributed by atoms with Crippen LogP contribution < -0.4 is 11.1 Å². The number of fused-ring (bicyclic) bond motifs is 7. The molecule has 0 aromatic rings. The number of rotatable bonds is 7. The predicted molar refractivity (Wildman–Crippen MR) is 183 cm³/mol. The maximum absolute atomic E-state index is 14.6. The maximum Gasteiger partial charge on any atom is 0.490 e. The first-order valence-electron chi connectivity index (χ1n) is 18.2. The predicted octanol–water partition coefficient (Wildman–Crippen LogP) is 7.47. The molecule has 0 aliphatic heterocycles. The van der Waals surface area contributed by atoms with Gasteiger partial charge in [0.2, 0.25) is 5.91 Å². The zero-order valence-electron chi connectivity index (χ0n) is 30.8. The van der Waals surface area contributed by atoms with Gasteiger partial charge in [-0.2, -0.15) is 18.4 Å². The van der Waals surface area contributed by atoms with Gasteiger partial charge in [-0.25, -0.2) is 4.79 Å². The van der Waals surface area contributed by atoms with Crippen LogP contribution in [0.4, 0.5) is 13.2 Å². The number of aliphatic carboxylic acids is 1. The number of amides is 1. The summed E-state index contributed by atoms with van der Waals surface area (Å²) in [6.07, 6.45) is 9.01. The molecule has 5 rings (SSSR count). The Bertz CT molecular complexity index is 1510. The molecule has 7 atom stereocenters. The van der Waals surface area contributed by atoms with Crippen molar-refractivity contribution in [1.29, 1.82) is 5.26 Å². The Kier molecular flexibility index (Phi) is 10.8. The van der Waals surface area contributed by atoms with Crippen LogP contribution in [0, 0.1) is 61.6 Å². The smallest absolute Gasteiger partial charge is 0.475 e. The third-order valence-electron chi connectivity index (χ3n) is 14.0. The lowest BCUT2D eigenvalue weighted by Gasteiger charge is -2.69. The van der Waals surface area contributed by atoms with Crippen LogP contribution in [0.2, 0.25) is 0 Å². The van der Waals surface area contributed by atoms with E-state index in [4.69, 9.17) is 15.6 Å². The Labute approximate surface area is 294 Å². The second-order valence-electron chi connectivity index (χ2n) is 17.7. The van der Waals surface area contributed by atoms with Gasteiger partial charge in [0, 0.05) is 23.3 Å². The molecule has 5 aliphatic rings. The summed E-state index contributed by atoms with van der Waals surface area (Å²) in [4.78, 5) is 51.0. The van der Waals surface area contributed by atoms with E-state index in [1.807, 2.05) is 26.0 Å². The zero-order chi connectivity index (χ0) is 37.7. The van der Waals surface area contributed by atoms with Gasteiger partial charge in [0.1, 0.15) is 6.07 Å². The molecule has 11 heteroatoms. The number of carbonyl (C=O) groups excluding carboxylic acids is 3. The van der Waals surface area contributed by atoms with Crippen LogP contribution in [-0.2, 0) is 19.2 Å². The first-order valence-corrected chi connectivity index (χ1v) is 18.2. The van der Waals surface area contributed by atoms with Gasteiger partial charge >= 0.3 is 12.1 Å². The van der Waals surface area contributed by atoms with E-state index in [9.17, 15) is 32.8 Å². The summed E-state index contributed by atoms with van der Waals surface area (Å²) in [5, 5.41) is 20.4. The van der Waals surface area contributed by atoms with E-state index in [1.54, 1.807) is 0 Å². The molecule has 3 fully saturated rings. The first-order chi connectivity index (χ1) is 23.0. The number of nitrogens with one attached hydrogen (secondary N) is 1. The van der Waals surface area contributed by atoms with Gasteiger partial charge in [0.25, 0.3) is 0 Å². The highest BCUT2D eigenvalue weighted by molar-refractivity contribution is 6.04. The first kappa shape index (κ1) is 39.8. The Morgan fingerprint density at radius 1 is 0.980 bits per heavy atom. The average Bonchev–Trinajstić information content (AvgIpc) is 3.01. The minimum absolute atomic E-state index is 0.00511. The Balaban J connectivity index is 0.000000727. The van der Waals surface area contributed by atoms with Crippen molar-refractivity contribution in [2.45, 2.75) is 125 Å². The van der Waals surface area contributed by atoms with Crippen LogP contribution in [0.1, 0.15) is 119 Å². The van der Waals surface area contributed by atoms with Crippen molar-refractivity contribution in [3.05, 3.63) is 23.3 Å². The summed E-state index contributed by atoms with van der Waals surface area (Å²) in [5.74, 6) is -2.72. The van der Waals surface area contributed by atoms with E-state index < -0.39 is 28.4 Å². The number of carbonyl (C=O) groups is 4. The van der Waals surface area contributed by atoms with Gasteiger partial charge in [0.15, 0.2) is 11.6 Å². The van der Waals surface area contributed by atoms with Crippen LogP contribution >= 0.6 is 0 Å². The Morgan fingerprint density at radius 3 is 2.16 bits per heavy atom. The lowest BCUT2D eigenvalue weighted by molar-refractivity contribution is -0.192. The molecule has 0 aromatic carbocycles. The van der Waals surface area contributed by atoms with E-state index in [0.717, 1.165) is 76.2 Å². The number of hydrogen-bond acceptors (Lipinski definition) is 6. The molecule has 0 spiro atoms. The van der Waals surface area contributed by atoms with Crippen LogP contribution in [0.25, 0.3) is 0 Å². The number of carboxylic acid groups (broad SMARTS) is 1. The molecule has 0 aromatic heterocycles. The molecule has 50 heavy (non-hydrogen) atoms. The van der Waals surface area contributed by atoms with Crippen LogP contribution in [0.15, 0.2) is 23.3 Å². The topological polar surface area (TPSA) is 150 Å². The molecule has 0 heterocycles. The van der Waals surface area contributed by atoms with E-state index >= 15 is 0 Å². The number of hydrogen-bond donors (Lipinski definition) is 3. The largest absolute Gasteiger partial charge is 0.490 e. The van der Waals surface area contributed by atoms with E-state index in [-0.39, 0.29) is 57.0 Å². The summed E-state index contributed by atoms with van der Waals surface area (Å²) >= 11 is 0. The molecule has 0 bridgehead atoms. The zero-order valence-corrected chi connectivity index (χ0v) is 30.8. The second-order valence-corrected chi connectivity index (χ2v) is 17.7. The molecule has 8 nitrogen and oxygen atoms in total. The van der Waals surface area contributed by atoms with Crippen LogP contribution in [0.5, 0.6) is 0 Å². The standard InChI is InChI=1S/C37H55N3O3.C2HF3O2/c1-32(2)14-16-37(31(43)40-19-11-9-8-10-18-38)17-15-36(7)29(25(37)22-32)26(41)20-28-34(5)21-24(23-39)30(42)33(3,4)27(34)12-13-35(28,36)6;3-2(4,5)1(6)7/h20-21,25,27,29H,8-19,22,38H2,1-7H3,(H,40,43);(H,6,7)/t25-,27-,29-,34-,35+,36+,37-;/m0./s1. The van der Waals surface area contributed by atoms with Crippen molar-refractivity contribution < 1.29 is 37.5 Å². The number of nitriles is 1. The number of nitrogens with two attached hydrogens (primary N) is 1. The summed E-state index contributed by atoms with van der Waals surface area (Å²) in [6.45, 7) is 16.8. The highest BCUT2D eigenvalue weighted by atomic mass is 19.4. The number of ketones is 2. The monoisotopic (exact) mass is 703 g/mol. The number of nitrogens with zero attached hydrogens (tertiary/aromatic N) is 1. The molecule has 0 unspecified atom stereocenters. The lowest BCUT2D eigenvalue weighted by Crippen LogP contribution is -2.66. The van der Waals surface area contributed by atoms with Gasteiger partial charge in [-0.1, -0.05) is 73.0 Å². The SMILES string of the molecule is CC1(C)CC[C@]2(C(=O)NCCCCCCN)CC[C@]3(C)[C@H](C(=O)C=C4[C@@]5(C)C=C(C#N)C(=O)C(C)(C)[C@@H]5CC[C@]43C)[C@@H]2C1.O=C(O)C(F)(F)F. The minimum Gasteiger partial charge on any atom is -0.475 e. The number of unbranched alkanes of at least 4 members (excludes halogenated alkanes) is 3. The van der Waals surface area contributed by atoms with E-state index in [0.29, 0.717) is 13.1 Å². The number of halogens is 3. The van der Waals surface area contributed by atoms with Crippen molar-refractivity contribution >= 4 is 23.4 Å². The Hall–Kier alpha value is -3.00. The summed E-state index contributed by atoms with van der Waals surface area (Å²) < 4.78 is 31.7. The van der Waals surface area contributed by atoms with Crippen molar-refractivity contribution in [3.63, 3.8) is 0 Å². The third-order valence-corrected chi connectivity index (χ3v) is 14.0. The number of alkyl halides is 3. The molecule has 278 valence electrons.